The molecule has 176 valence electrons. The molecule has 33 heavy (non-hydrogen) atoms. The SMILES string of the molecule is CC(C)(C)OC(=O)N(Cc1ccccc1[N+](=O)[O-])[C@H](C(=O)OC1CCCC1)c1ccccc1. The van der Waals surface area contributed by atoms with Crippen LogP contribution in [0.3, 0.4) is 0 Å². The number of rotatable bonds is 7. The van der Waals surface area contributed by atoms with Gasteiger partial charge in [0.25, 0.3) is 5.69 Å². The van der Waals surface area contributed by atoms with Gasteiger partial charge in [-0.1, -0.05) is 48.5 Å². The Hall–Kier alpha value is -3.42. The Labute approximate surface area is 193 Å². The van der Waals surface area contributed by atoms with Crippen LogP contribution in [-0.2, 0) is 20.8 Å². The molecule has 0 bridgehead atoms. The summed E-state index contributed by atoms with van der Waals surface area (Å²) in [5, 5.41) is 11.6. The van der Waals surface area contributed by atoms with E-state index >= 15 is 0 Å². The highest BCUT2D eigenvalue weighted by atomic mass is 16.6. The molecule has 2 aromatic carbocycles. The van der Waals surface area contributed by atoms with E-state index in [0.29, 0.717) is 11.1 Å². The van der Waals surface area contributed by atoms with Crippen molar-refractivity contribution in [3.63, 3.8) is 0 Å². The van der Waals surface area contributed by atoms with Crippen molar-refractivity contribution in [2.75, 3.05) is 0 Å². The predicted octanol–water partition coefficient (Wildman–Crippen LogP) is 5.56. The summed E-state index contributed by atoms with van der Waals surface area (Å²) in [6, 6.07) is 13.9. The Morgan fingerprint density at radius 3 is 2.27 bits per heavy atom. The van der Waals surface area contributed by atoms with E-state index in [0.717, 1.165) is 25.7 Å². The van der Waals surface area contributed by atoms with Crippen molar-refractivity contribution in [2.24, 2.45) is 0 Å². The lowest BCUT2D eigenvalue weighted by atomic mass is 10.0. The number of esters is 1. The molecule has 0 N–H and O–H groups in total. The number of benzene rings is 2. The molecule has 0 spiro atoms. The zero-order valence-corrected chi connectivity index (χ0v) is 19.2. The van der Waals surface area contributed by atoms with Crippen LogP contribution in [0.1, 0.15) is 63.6 Å². The maximum Gasteiger partial charge on any atom is 0.411 e. The van der Waals surface area contributed by atoms with E-state index in [2.05, 4.69) is 0 Å². The summed E-state index contributed by atoms with van der Waals surface area (Å²) >= 11 is 0. The second-order valence-electron chi connectivity index (χ2n) is 9.15. The van der Waals surface area contributed by atoms with E-state index in [-0.39, 0.29) is 18.3 Å². The molecular formula is C25H30N2O6. The van der Waals surface area contributed by atoms with Crippen LogP contribution in [0.25, 0.3) is 0 Å². The number of carbonyl (C=O) groups excluding carboxylic acids is 2. The van der Waals surface area contributed by atoms with Crippen molar-refractivity contribution < 1.29 is 24.0 Å². The molecule has 1 fully saturated rings. The van der Waals surface area contributed by atoms with Gasteiger partial charge in [-0.3, -0.25) is 15.0 Å². The van der Waals surface area contributed by atoms with Gasteiger partial charge in [-0.05, 0) is 52.0 Å². The monoisotopic (exact) mass is 454 g/mol. The fourth-order valence-corrected chi connectivity index (χ4v) is 3.90. The average Bonchev–Trinajstić information content (AvgIpc) is 3.26. The number of hydrogen-bond donors (Lipinski definition) is 0. The first-order valence-electron chi connectivity index (χ1n) is 11.1. The van der Waals surface area contributed by atoms with Gasteiger partial charge in [0, 0.05) is 11.6 Å². The minimum absolute atomic E-state index is 0.137. The van der Waals surface area contributed by atoms with E-state index in [1.807, 2.05) is 6.07 Å². The van der Waals surface area contributed by atoms with E-state index in [9.17, 15) is 19.7 Å². The summed E-state index contributed by atoms with van der Waals surface area (Å²) in [4.78, 5) is 39.0. The first kappa shape index (κ1) is 24.2. The van der Waals surface area contributed by atoms with Crippen LogP contribution >= 0.6 is 0 Å². The van der Waals surface area contributed by atoms with Crippen LogP contribution < -0.4 is 0 Å². The van der Waals surface area contributed by atoms with Crippen molar-refractivity contribution in [1.82, 2.24) is 4.90 Å². The van der Waals surface area contributed by atoms with Gasteiger partial charge in [-0.2, -0.15) is 0 Å². The number of carbonyl (C=O) groups is 2. The molecule has 1 aliphatic carbocycles. The quantitative estimate of drug-likeness (QED) is 0.309. The number of ether oxygens (including phenoxy) is 2. The van der Waals surface area contributed by atoms with Gasteiger partial charge in [0.05, 0.1) is 11.5 Å². The highest BCUT2D eigenvalue weighted by Gasteiger charge is 2.37. The Bertz CT molecular complexity index is 980. The smallest absolute Gasteiger partial charge is 0.411 e. The maximum atomic E-state index is 13.4. The van der Waals surface area contributed by atoms with Crippen LogP contribution in [0, 0.1) is 10.1 Å². The minimum atomic E-state index is -1.11. The summed E-state index contributed by atoms with van der Waals surface area (Å²) in [7, 11) is 0. The summed E-state index contributed by atoms with van der Waals surface area (Å²) in [5.41, 5.74) is -0.121. The van der Waals surface area contributed by atoms with Crippen molar-refractivity contribution >= 4 is 17.7 Å². The third-order valence-corrected chi connectivity index (χ3v) is 5.39. The molecule has 2 aromatic rings. The Balaban J connectivity index is 2.03. The normalized spacial score (nSPS) is 15.0. The maximum absolute atomic E-state index is 13.4. The molecule has 0 aliphatic heterocycles. The number of para-hydroxylation sites is 1. The van der Waals surface area contributed by atoms with Gasteiger partial charge in [0.15, 0.2) is 6.04 Å². The molecular weight excluding hydrogens is 424 g/mol. The third-order valence-electron chi connectivity index (χ3n) is 5.39. The van der Waals surface area contributed by atoms with Gasteiger partial charge < -0.3 is 9.47 Å². The number of nitrogens with zero attached hydrogens (tertiary/aromatic N) is 2. The molecule has 1 amide bonds. The Morgan fingerprint density at radius 1 is 1.06 bits per heavy atom. The third kappa shape index (κ3) is 6.54. The zero-order valence-electron chi connectivity index (χ0n) is 19.2. The highest BCUT2D eigenvalue weighted by molar-refractivity contribution is 5.83. The van der Waals surface area contributed by atoms with E-state index < -0.39 is 28.6 Å². The van der Waals surface area contributed by atoms with Crippen molar-refractivity contribution in [2.45, 2.75) is 70.7 Å². The molecule has 3 rings (SSSR count). The summed E-state index contributed by atoms with van der Waals surface area (Å²) in [6.45, 7) is 4.98. The topological polar surface area (TPSA) is 99.0 Å². The molecule has 8 heteroatoms. The average molecular weight is 455 g/mol. The van der Waals surface area contributed by atoms with E-state index in [4.69, 9.17) is 9.47 Å². The van der Waals surface area contributed by atoms with Crippen LogP contribution in [0.5, 0.6) is 0 Å². The molecule has 1 aliphatic rings. The molecule has 8 nitrogen and oxygen atoms in total. The van der Waals surface area contributed by atoms with Crippen molar-refractivity contribution in [1.29, 1.82) is 0 Å². The van der Waals surface area contributed by atoms with E-state index in [1.54, 1.807) is 63.2 Å². The molecule has 0 saturated heterocycles. The van der Waals surface area contributed by atoms with Crippen molar-refractivity contribution in [3.05, 3.63) is 75.8 Å². The lowest BCUT2D eigenvalue weighted by molar-refractivity contribution is -0.385. The second-order valence-corrected chi connectivity index (χ2v) is 9.15. The number of nitro groups is 1. The fraction of sp³-hybridized carbons (Fsp3) is 0.440. The lowest BCUT2D eigenvalue weighted by Gasteiger charge is -2.33. The summed E-state index contributed by atoms with van der Waals surface area (Å²) in [6.07, 6.45) is 2.58. The number of nitro benzene ring substituents is 1. The first-order valence-corrected chi connectivity index (χ1v) is 11.1. The zero-order chi connectivity index (χ0) is 24.0. The largest absolute Gasteiger partial charge is 0.461 e. The predicted molar refractivity (Wildman–Crippen MR) is 122 cm³/mol. The van der Waals surface area contributed by atoms with Crippen LogP contribution in [0.4, 0.5) is 10.5 Å². The van der Waals surface area contributed by atoms with Gasteiger partial charge >= 0.3 is 12.1 Å². The van der Waals surface area contributed by atoms with Gasteiger partial charge in [-0.25, -0.2) is 9.59 Å². The molecule has 1 atom stereocenters. The molecule has 0 heterocycles. The van der Waals surface area contributed by atoms with Gasteiger partial charge in [0.1, 0.15) is 11.7 Å². The first-order chi connectivity index (χ1) is 15.7. The van der Waals surface area contributed by atoms with Gasteiger partial charge in [-0.15, -0.1) is 0 Å². The summed E-state index contributed by atoms with van der Waals surface area (Å²) < 4.78 is 11.4. The van der Waals surface area contributed by atoms with Crippen molar-refractivity contribution in [3.8, 4) is 0 Å². The fourth-order valence-electron chi connectivity index (χ4n) is 3.90. The van der Waals surface area contributed by atoms with Crippen LogP contribution in [-0.4, -0.2) is 33.6 Å². The highest BCUT2D eigenvalue weighted by Crippen LogP contribution is 2.31. The van der Waals surface area contributed by atoms with Gasteiger partial charge in [0.2, 0.25) is 0 Å². The van der Waals surface area contributed by atoms with Crippen LogP contribution in [0.15, 0.2) is 54.6 Å². The Kier molecular flexibility index (Phi) is 7.68. The lowest BCUT2D eigenvalue weighted by Crippen LogP contribution is -2.43. The number of hydrogen-bond acceptors (Lipinski definition) is 6. The second kappa shape index (κ2) is 10.5. The van der Waals surface area contributed by atoms with E-state index in [1.165, 1.54) is 11.0 Å². The Morgan fingerprint density at radius 2 is 1.67 bits per heavy atom. The number of amides is 1. The molecule has 0 aromatic heterocycles. The molecule has 0 unspecified atom stereocenters. The molecule has 0 radical (unpaired) electrons. The standard InChI is InChI=1S/C25H30N2O6/c1-25(2,3)33-24(29)26(17-19-13-7-10-16-21(19)27(30)31)22(18-11-5-4-6-12-18)23(28)32-20-14-8-9-15-20/h4-7,10-13,16,20,22H,8-9,14-15,17H2,1-3H3/t22-/m0/s1. The minimum Gasteiger partial charge on any atom is -0.461 e. The molecule has 1 saturated carbocycles. The van der Waals surface area contributed by atoms with Crippen LogP contribution in [0.2, 0.25) is 0 Å². The summed E-state index contributed by atoms with van der Waals surface area (Å²) in [5.74, 6) is -0.572.